The van der Waals surface area contributed by atoms with Crippen molar-refractivity contribution in [1.29, 1.82) is 0 Å². The van der Waals surface area contributed by atoms with E-state index in [-0.39, 0.29) is 35.1 Å². The molecule has 4 nitrogen and oxygen atoms in total. The molecule has 1 aromatic carbocycles. The molecule has 0 spiro atoms. The smallest absolute Gasteiger partial charge is 0.303 e. The highest BCUT2D eigenvalue weighted by Gasteiger charge is 2.13. The largest absolute Gasteiger partial charge is 0.494 e. The molecule has 0 aliphatic rings. The summed E-state index contributed by atoms with van der Waals surface area (Å²) in [5.41, 5.74) is 0.358. The molecular formula is C12H12Cl2O4. The Morgan fingerprint density at radius 2 is 1.78 bits per heavy atom. The minimum atomic E-state index is -0.923. The highest BCUT2D eigenvalue weighted by Crippen LogP contribution is 2.34. The molecule has 0 atom stereocenters. The van der Waals surface area contributed by atoms with Crippen molar-refractivity contribution in [3.05, 3.63) is 27.7 Å². The van der Waals surface area contributed by atoms with Gasteiger partial charge in [-0.1, -0.05) is 23.2 Å². The van der Waals surface area contributed by atoms with Gasteiger partial charge in [-0.3, -0.25) is 9.59 Å². The summed E-state index contributed by atoms with van der Waals surface area (Å²) in [5.74, 6) is -0.795. The van der Waals surface area contributed by atoms with Gasteiger partial charge in [-0.2, -0.15) is 0 Å². The topological polar surface area (TPSA) is 63.6 Å². The first-order valence-corrected chi connectivity index (χ1v) is 5.99. The highest BCUT2D eigenvalue weighted by atomic mass is 35.5. The second-order valence-electron chi connectivity index (χ2n) is 3.64. The van der Waals surface area contributed by atoms with Crippen LogP contribution in [0.2, 0.25) is 10.0 Å². The van der Waals surface area contributed by atoms with Crippen molar-refractivity contribution in [1.82, 2.24) is 0 Å². The fourth-order valence-electron chi connectivity index (χ4n) is 1.46. The number of ether oxygens (including phenoxy) is 1. The van der Waals surface area contributed by atoms with Gasteiger partial charge < -0.3 is 9.84 Å². The van der Waals surface area contributed by atoms with Crippen molar-refractivity contribution in [3.63, 3.8) is 0 Å². The van der Waals surface area contributed by atoms with Gasteiger partial charge in [0, 0.05) is 18.4 Å². The summed E-state index contributed by atoms with van der Waals surface area (Å²) in [6.07, 6.45) is 0.393. The molecule has 1 N–H and O–H groups in total. The maximum Gasteiger partial charge on any atom is 0.303 e. The average molecular weight is 291 g/mol. The molecule has 0 aromatic heterocycles. The third-order valence-corrected chi connectivity index (χ3v) is 2.88. The molecule has 0 radical (unpaired) electrons. The number of ketones is 1. The summed E-state index contributed by atoms with van der Waals surface area (Å²) in [4.78, 5) is 22.1. The number of carboxylic acid groups (broad SMARTS) is 1. The molecule has 6 heteroatoms. The fraction of sp³-hybridized carbons (Fsp3) is 0.333. The van der Waals surface area contributed by atoms with Crippen LogP contribution >= 0.6 is 23.2 Å². The van der Waals surface area contributed by atoms with E-state index in [1.54, 1.807) is 0 Å². The molecule has 0 unspecified atom stereocenters. The van der Waals surface area contributed by atoms with Crippen molar-refractivity contribution >= 4 is 35.0 Å². The SMILES string of the molecule is COc1c(Cl)cc(C(=O)CCCC(=O)O)cc1Cl. The summed E-state index contributed by atoms with van der Waals surface area (Å²) >= 11 is 11.8. The summed E-state index contributed by atoms with van der Waals surface area (Å²) < 4.78 is 4.97. The molecule has 0 saturated carbocycles. The van der Waals surface area contributed by atoms with Crippen LogP contribution in [-0.2, 0) is 4.79 Å². The minimum absolute atomic E-state index is 0.0383. The van der Waals surface area contributed by atoms with Crippen molar-refractivity contribution in [2.45, 2.75) is 19.3 Å². The van der Waals surface area contributed by atoms with Crippen LogP contribution in [-0.4, -0.2) is 24.0 Å². The van der Waals surface area contributed by atoms with Gasteiger partial charge in [-0.05, 0) is 18.6 Å². The van der Waals surface area contributed by atoms with Crippen molar-refractivity contribution in [2.24, 2.45) is 0 Å². The van der Waals surface area contributed by atoms with E-state index >= 15 is 0 Å². The third kappa shape index (κ3) is 3.89. The van der Waals surface area contributed by atoms with Crippen molar-refractivity contribution in [3.8, 4) is 5.75 Å². The zero-order valence-electron chi connectivity index (χ0n) is 9.70. The zero-order valence-corrected chi connectivity index (χ0v) is 11.2. The number of methoxy groups -OCH3 is 1. The Morgan fingerprint density at radius 1 is 1.22 bits per heavy atom. The van der Waals surface area contributed by atoms with Gasteiger partial charge in [0.15, 0.2) is 11.5 Å². The standard InChI is InChI=1S/C12H12Cl2O4/c1-18-12-8(13)5-7(6-9(12)14)10(15)3-2-4-11(16)17/h5-6H,2-4H2,1H3,(H,16,17). The number of carbonyl (C=O) groups is 2. The number of carbonyl (C=O) groups excluding carboxylic acids is 1. The second kappa shape index (κ2) is 6.61. The Kier molecular flexibility index (Phi) is 5.44. The lowest BCUT2D eigenvalue weighted by molar-refractivity contribution is -0.137. The van der Waals surface area contributed by atoms with Crippen LogP contribution < -0.4 is 4.74 Å². The van der Waals surface area contributed by atoms with E-state index in [0.29, 0.717) is 11.3 Å². The predicted molar refractivity (Wildman–Crippen MR) is 68.8 cm³/mol. The molecule has 0 aliphatic heterocycles. The quantitative estimate of drug-likeness (QED) is 0.815. The van der Waals surface area contributed by atoms with Crippen molar-refractivity contribution < 1.29 is 19.4 Å². The molecule has 0 bridgehead atoms. The predicted octanol–water partition coefficient (Wildman–Crippen LogP) is 3.44. The summed E-state index contributed by atoms with van der Waals surface area (Å²) in [5, 5.41) is 9.00. The van der Waals surface area contributed by atoms with Crippen LogP contribution in [0.15, 0.2) is 12.1 Å². The molecule has 0 saturated heterocycles. The lowest BCUT2D eigenvalue weighted by Gasteiger charge is -2.08. The van der Waals surface area contributed by atoms with Crippen LogP contribution in [0.4, 0.5) is 0 Å². The first kappa shape index (κ1) is 14.8. The van der Waals surface area contributed by atoms with Gasteiger partial charge in [0.1, 0.15) is 0 Å². The lowest BCUT2D eigenvalue weighted by Crippen LogP contribution is -2.02. The van der Waals surface area contributed by atoms with E-state index in [2.05, 4.69) is 0 Å². The van der Waals surface area contributed by atoms with E-state index in [9.17, 15) is 9.59 Å². The normalized spacial score (nSPS) is 10.2. The van der Waals surface area contributed by atoms with Crippen LogP contribution in [0.5, 0.6) is 5.75 Å². The summed E-state index contributed by atoms with van der Waals surface area (Å²) in [7, 11) is 1.43. The second-order valence-corrected chi connectivity index (χ2v) is 4.46. The van der Waals surface area contributed by atoms with Gasteiger partial charge >= 0.3 is 5.97 Å². The van der Waals surface area contributed by atoms with E-state index in [1.165, 1.54) is 19.2 Å². The van der Waals surface area contributed by atoms with Crippen molar-refractivity contribution in [2.75, 3.05) is 7.11 Å². The first-order chi connectivity index (χ1) is 8.45. The molecule has 18 heavy (non-hydrogen) atoms. The Hall–Kier alpha value is -1.26. The van der Waals surface area contributed by atoms with Crippen LogP contribution in [0, 0.1) is 0 Å². The number of halogens is 2. The maximum absolute atomic E-state index is 11.8. The van der Waals surface area contributed by atoms with Crippen LogP contribution in [0.25, 0.3) is 0 Å². The number of benzene rings is 1. The van der Waals surface area contributed by atoms with E-state index in [0.717, 1.165) is 0 Å². The minimum Gasteiger partial charge on any atom is -0.494 e. The summed E-state index contributed by atoms with van der Waals surface area (Å²) in [6, 6.07) is 2.94. The van der Waals surface area contributed by atoms with Crippen LogP contribution in [0.3, 0.4) is 0 Å². The molecule has 0 aliphatic carbocycles. The molecular weight excluding hydrogens is 279 g/mol. The van der Waals surface area contributed by atoms with Gasteiger partial charge in [-0.15, -0.1) is 0 Å². The average Bonchev–Trinajstić information content (AvgIpc) is 2.27. The number of carboxylic acids is 1. The van der Waals surface area contributed by atoms with E-state index in [1.807, 2.05) is 0 Å². The molecule has 0 fully saturated rings. The van der Waals surface area contributed by atoms with E-state index < -0.39 is 5.97 Å². The highest BCUT2D eigenvalue weighted by molar-refractivity contribution is 6.37. The summed E-state index contributed by atoms with van der Waals surface area (Å²) in [6.45, 7) is 0. The molecule has 1 rings (SSSR count). The van der Waals surface area contributed by atoms with Gasteiger partial charge in [-0.25, -0.2) is 0 Å². The number of Topliss-reactive ketones (excluding diaryl/α,β-unsaturated/α-hetero) is 1. The number of hydrogen-bond donors (Lipinski definition) is 1. The molecule has 0 amide bonds. The Morgan fingerprint density at radius 3 is 2.22 bits per heavy atom. The van der Waals surface area contributed by atoms with E-state index in [4.69, 9.17) is 33.0 Å². The maximum atomic E-state index is 11.8. The fourth-order valence-corrected chi connectivity index (χ4v) is 2.10. The van der Waals surface area contributed by atoms with Crippen LogP contribution in [0.1, 0.15) is 29.6 Å². The van der Waals surface area contributed by atoms with Gasteiger partial charge in [0.2, 0.25) is 0 Å². The molecule has 0 heterocycles. The number of rotatable bonds is 6. The third-order valence-electron chi connectivity index (χ3n) is 2.32. The van der Waals surface area contributed by atoms with Gasteiger partial charge in [0.25, 0.3) is 0 Å². The Balaban J connectivity index is 2.78. The monoisotopic (exact) mass is 290 g/mol. The number of aliphatic carboxylic acids is 1. The molecule has 1 aromatic rings. The Bertz CT molecular complexity index is 448. The Labute approximate surface area is 114 Å². The molecule has 98 valence electrons. The number of hydrogen-bond acceptors (Lipinski definition) is 3. The zero-order chi connectivity index (χ0) is 13.7. The van der Waals surface area contributed by atoms with Gasteiger partial charge in [0.05, 0.1) is 17.2 Å². The first-order valence-electron chi connectivity index (χ1n) is 5.23. The lowest BCUT2D eigenvalue weighted by atomic mass is 10.1.